The van der Waals surface area contributed by atoms with Crippen LogP contribution in [0.4, 0.5) is 0 Å². The van der Waals surface area contributed by atoms with Gasteiger partial charge in [-0.05, 0) is 42.5 Å². The van der Waals surface area contributed by atoms with E-state index < -0.39 is 5.56 Å². The van der Waals surface area contributed by atoms with Gasteiger partial charge in [-0.2, -0.15) is 10.5 Å². The van der Waals surface area contributed by atoms with Gasteiger partial charge < -0.3 is 13.9 Å². The summed E-state index contributed by atoms with van der Waals surface area (Å²) in [5.74, 6) is 0.743. The third-order valence-corrected chi connectivity index (χ3v) is 6.27. The number of pyridine rings is 1. The molecular formula is C26H19Cl2N5O2. The predicted molar refractivity (Wildman–Crippen MR) is 134 cm³/mol. The van der Waals surface area contributed by atoms with Gasteiger partial charge in [0.15, 0.2) is 0 Å². The molecule has 0 N–H and O–H groups in total. The van der Waals surface area contributed by atoms with Gasteiger partial charge in [0.25, 0.3) is 5.56 Å². The number of aromatic nitrogens is 3. The van der Waals surface area contributed by atoms with Crippen LogP contribution in [0, 0.1) is 22.7 Å². The zero-order valence-electron chi connectivity index (χ0n) is 18.9. The van der Waals surface area contributed by atoms with Gasteiger partial charge in [0.1, 0.15) is 17.5 Å². The van der Waals surface area contributed by atoms with E-state index in [-0.39, 0.29) is 18.8 Å². The lowest BCUT2D eigenvalue weighted by Crippen LogP contribution is -2.24. The lowest BCUT2D eigenvalue weighted by Gasteiger charge is -2.16. The molecule has 4 aromatic rings. The van der Waals surface area contributed by atoms with E-state index >= 15 is 0 Å². The van der Waals surface area contributed by atoms with Crippen LogP contribution in [-0.4, -0.2) is 14.1 Å². The molecule has 2 heterocycles. The summed E-state index contributed by atoms with van der Waals surface area (Å²) in [6.07, 6.45) is 1.72. The first-order valence-electron chi connectivity index (χ1n) is 10.5. The fourth-order valence-electron chi connectivity index (χ4n) is 3.76. The molecular weight excluding hydrogens is 485 g/mol. The van der Waals surface area contributed by atoms with E-state index in [0.717, 1.165) is 17.1 Å². The van der Waals surface area contributed by atoms with E-state index in [1.807, 2.05) is 29.8 Å². The number of rotatable bonds is 6. The molecule has 7 nitrogen and oxygen atoms in total. The number of halogens is 2. The van der Waals surface area contributed by atoms with Crippen molar-refractivity contribution in [2.75, 3.05) is 0 Å². The van der Waals surface area contributed by atoms with E-state index in [1.165, 1.54) is 10.6 Å². The molecule has 174 valence electrons. The smallest absolute Gasteiger partial charge is 0.268 e. The summed E-state index contributed by atoms with van der Waals surface area (Å²) in [5.41, 5.74) is 3.73. The Morgan fingerprint density at radius 1 is 0.943 bits per heavy atom. The minimum Gasteiger partial charge on any atom is -0.369 e. The SMILES string of the molecule is Cn1c(COCc2c(-c3ccc(Cl)cc3Cl)cc(C#N)c(=O)n2C)cnc1-c1ccc(C#N)cc1. The molecule has 0 fully saturated rings. The normalized spacial score (nSPS) is 10.7. The first-order valence-corrected chi connectivity index (χ1v) is 11.3. The van der Waals surface area contributed by atoms with Crippen LogP contribution < -0.4 is 5.56 Å². The van der Waals surface area contributed by atoms with Crippen molar-refractivity contribution in [1.82, 2.24) is 14.1 Å². The molecule has 0 radical (unpaired) electrons. The molecule has 0 aliphatic rings. The Morgan fingerprint density at radius 2 is 1.69 bits per heavy atom. The van der Waals surface area contributed by atoms with Gasteiger partial charge >= 0.3 is 0 Å². The number of hydrogen-bond donors (Lipinski definition) is 0. The topological polar surface area (TPSA) is 96.6 Å². The monoisotopic (exact) mass is 503 g/mol. The number of nitrogens with zero attached hydrogens (tertiary/aromatic N) is 5. The van der Waals surface area contributed by atoms with Crippen LogP contribution >= 0.6 is 23.2 Å². The number of ether oxygens (including phenoxy) is 1. The number of benzene rings is 2. The molecule has 0 amide bonds. The average Bonchev–Trinajstić information content (AvgIpc) is 3.22. The van der Waals surface area contributed by atoms with E-state index in [0.29, 0.717) is 32.4 Å². The Balaban J connectivity index is 1.61. The fraction of sp³-hybridized carbons (Fsp3) is 0.154. The summed E-state index contributed by atoms with van der Waals surface area (Å²) in [5, 5.41) is 19.3. The zero-order chi connectivity index (χ0) is 25.1. The second-order valence-electron chi connectivity index (χ2n) is 7.83. The van der Waals surface area contributed by atoms with Crippen LogP contribution in [0.2, 0.25) is 10.0 Å². The molecule has 0 saturated carbocycles. The second kappa shape index (κ2) is 10.2. The van der Waals surface area contributed by atoms with Crippen molar-refractivity contribution < 1.29 is 4.74 Å². The third-order valence-electron chi connectivity index (χ3n) is 5.73. The van der Waals surface area contributed by atoms with Crippen molar-refractivity contribution in [3.63, 3.8) is 0 Å². The van der Waals surface area contributed by atoms with Crippen molar-refractivity contribution >= 4 is 23.2 Å². The van der Waals surface area contributed by atoms with Crippen molar-refractivity contribution in [1.29, 1.82) is 10.5 Å². The molecule has 2 aromatic carbocycles. The molecule has 0 aliphatic heterocycles. The van der Waals surface area contributed by atoms with Crippen molar-refractivity contribution in [3.05, 3.63) is 97.6 Å². The molecule has 9 heteroatoms. The molecule has 0 spiro atoms. The number of hydrogen-bond acceptors (Lipinski definition) is 5. The average molecular weight is 504 g/mol. The standard InChI is InChI=1S/C26H19Cl2N5O2/c1-32-20(13-31-25(32)17-5-3-16(11-29)4-6-17)14-35-15-24-22(9-18(12-30)26(34)33(24)2)21-8-7-19(27)10-23(21)28/h3-10,13H,14-15H2,1-2H3. The van der Waals surface area contributed by atoms with Crippen LogP contribution in [0.5, 0.6) is 0 Å². The van der Waals surface area contributed by atoms with Gasteiger partial charge in [-0.15, -0.1) is 0 Å². The Labute approximate surface area is 212 Å². The van der Waals surface area contributed by atoms with Crippen LogP contribution in [-0.2, 0) is 32.0 Å². The van der Waals surface area contributed by atoms with Gasteiger partial charge in [-0.25, -0.2) is 4.98 Å². The van der Waals surface area contributed by atoms with Gasteiger partial charge in [-0.3, -0.25) is 4.79 Å². The summed E-state index contributed by atoms with van der Waals surface area (Å²) < 4.78 is 9.31. The van der Waals surface area contributed by atoms with Gasteiger partial charge in [0.05, 0.1) is 42.4 Å². The first kappa shape index (κ1) is 24.3. The number of imidazole rings is 1. The van der Waals surface area contributed by atoms with E-state index in [2.05, 4.69) is 11.1 Å². The van der Waals surface area contributed by atoms with Crippen LogP contribution in [0.3, 0.4) is 0 Å². The van der Waals surface area contributed by atoms with Crippen molar-refractivity contribution in [2.24, 2.45) is 14.1 Å². The Kier molecular flexibility index (Phi) is 7.04. The summed E-state index contributed by atoms with van der Waals surface area (Å²) >= 11 is 12.5. The second-order valence-corrected chi connectivity index (χ2v) is 8.68. The lowest BCUT2D eigenvalue weighted by atomic mass is 10.0. The molecule has 0 unspecified atom stereocenters. The first-order chi connectivity index (χ1) is 16.8. The predicted octanol–water partition coefficient (Wildman–Crippen LogP) is 5.22. The van der Waals surface area contributed by atoms with Crippen LogP contribution in [0.25, 0.3) is 22.5 Å². The van der Waals surface area contributed by atoms with Gasteiger partial charge in [0.2, 0.25) is 0 Å². The summed E-state index contributed by atoms with van der Waals surface area (Å²) in [4.78, 5) is 17.1. The van der Waals surface area contributed by atoms with Gasteiger partial charge in [-0.1, -0.05) is 29.3 Å². The van der Waals surface area contributed by atoms with E-state index in [9.17, 15) is 10.1 Å². The molecule has 0 bridgehead atoms. The van der Waals surface area contributed by atoms with E-state index in [4.69, 9.17) is 33.2 Å². The largest absolute Gasteiger partial charge is 0.369 e. The van der Waals surface area contributed by atoms with E-state index in [1.54, 1.807) is 43.6 Å². The molecule has 2 aromatic heterocycles. The third kappa shape index (κ3) is 4.84. The maximum Gasteiger partial charge on any atom is 0.268 e. The van der Waals surface area contributed by atoms with Crippen molar-refractivity contribution in [3.8, 4) is 34.7 Å². The van der Waals surface area contributed by atoms with Gasteiger partial charge in [0, 0.05) is 40.8 Å². The Bertz CT molecular complexity index is 1560. The zero-order valence-corrected chi connectivity index (χ0v) is 20.4. The highest BCUT2D eigenvalue weighted by molar-refractivity contribution is 6.36. The maximum atomic E-state index is 12.6. The maximum absolute atomic E-state index is 12.6. The minimum absolute atomic E-state index is 0.0101. The van der Waals surface area contributed by atoms with Crippen molar-refractivity contribution in [2.45, 2.75) is 13.2 Å². The Morgan fingerprint density at radius 3 is 2.34 bits per heavy atom. The summed E-state index contributed by atoms with van der Waals surface area (Å²) in [7, 11) is 3.48. The van der Waals surface area contributed by atoms with Crippen LogP contribution in [0.1, 0.15) is 22.5 Å². The fourth-order valence-corrected chi connectivity index (χ4v) is 4.27. The molecule has 35 heavy (non-hydrogen) atoms. The number of nitriles is 2. The minimum atomic E-state index is -0.413. The molecule has 0 saturated heterocycles. The highest BCUT2D eigenvalue weighted by Crippen LogP contribution is 2.33. The summed E-state index contributed by atoms with van der Waals surface area (Å²) in [6, 6.07) is 17.8. The quantitative estimate of drug-likeness (QED) is 0.359. The highest BCUT2D eigenvalue weighted by Gasteiger charge is 2.17. The molecule has 0 aliphatic carbocycles. The highest BCUT2D eigenvalue weighted by atomic mass is 35.5. The molecule has 4 rings (SSSR count). The Hall–Kier alpha value is -3.88. The summed E-state index contributed by atoms with van der Waals surface area (Å²) in [6.45, 7) is 0.338. The molecule has 0 atom stereocenters. The van der Waals surface area contributed by atoms with Crippen LogP contribution in [0.15, 0.2) is 59.5 Å². The lowest BCUT2D eigenvalue weighted by molar-refractivity contribution is 0.0983.